The Bertz CT molecular complexity index is 941. The lowest BCUT2D eigenvalue weighted by molar-refractivity contribution is -0.339. The number of halogens is 4. The van der Waals surface area contributed by atoms with E-state index in [2.05, 4.69) is 0 Å². The molecule has 0 N–H and O–H groups in total. The van der Waals surface area contributed by atoms with Crippen LogP contribution in [0.15, 0.2) is 0 Å². The van der Waals surface area contributed by atoms with Crippen LogP contribution >= 0.6 is 0 Å². The molecular formula is C27H34F4O5. The Morgan fingerprint density at radius 2 is 1.14 bits per heavy atom. The molecule has 4 atom stereocenters. The van der Waals surface area contributed by atoms with E-state index in [-0.39, 0.29) is 18.5 Å². The third-order valence-corrected chi connectivity index (χ3v) is 8.71. The molecule has 9 heteroatoms. The van der Waals surface area contributed by atoms with Gasteiger partial charge in [-0.3, -0.25) is 0 Å². The van der Waals surface area contributed by atoms with E-state index < -0.39 is 51.4 Å². The van der Waals surface area contributed by atoms with Gasteiger partial charge in [-0.15, -0.1) is 0 Å². The fraction of sp³-hybridized carbons (Fsp3) is 0.778. The number of rotatable bonds is 6. The summed E-state index contributed by atoms with van der Waals surface area (Å²) in [5.74, 6) is -6.75. The summed E-state index contributed by atoms with van der Waals surface area (Å²) in [5, 5.41) is 0. The standard InChI is InChI=1S/C27H34F4O5/c1-16-20(28)22(30)24(23(31)21(16)29)36-27-12-17-10-25(14-27,34-18-6-2-4-8-32-18)13-26(11-17,15-27)35-19-7-3-5-9-33-19/h17-19H,2-15H2,1H3. The van der Waals surface area contributed by atoms with Gasteiger partial charge in [0.25, 0.3) is 0 Å². The molecule has 7 rings (SSSR count). The lowest BCUT2D eigenvalue weighted by atomic mass is 9.50. The number of benzene rings is 1. The van der Waals surface area contributed by atoms with Gasteiger partial charge in [0.1, 0.15) is 5.60 Å². The summed E-state index contributed by atoms with van der Waals surface area (Å²) in [4.78, 5) is 0. The highest BCUT2D eigenvalue weighted by Gasteiger charge is 2.67. The van der Waals surface area contributed by atoms with Crippen LogP contribution in [0, 0.1) is 36.1 Å². The first-order valence-corrected chi connectivity index (χ1v) is 13.3. The first-order valence-electron chi connectivity index (χ1n) is 13.3. The lowest BCUT2D eigenvalue weighted by Crippen LogP contribution is -2.70. The van der Waals surface area contributed by atoms with Crippen LogP contribution in [0.2, 0.25) is 0 Å². The molecule has 1 aromatic carbocycles. The van der Waals surface area contributed by atoms with Crippen LogP contribution in [0.1, 0.15) is 82.6 Å². The molecule has 4 bridgehead atoms. The minimum atomic E-state index is -1.50. The summed E-state index contributed by atoms with van der Waals surface area (Å²) < 4.78 is 89.8. The number of hydrogen-bond donors (Lipinski definition) is 0. The highest BCUT2D eigenvalue weighted by molar-refractivity contribution is 5.35. The molecular weight excluding hydrogens is 480 g/mol. The smallest absolute Gasteiger partial charge is 0.204 e. The predicted octanol–water partition coefficient (Wildman–Crippen LogP) is 6.23. The van der Waals surface area contributed by atoms with E-state index in [9.17, 15) is 17.6 Å². The molecule has 5 nitrogen and oxygen atoms in total. The Balaban J connectivity index is 1.35. The maximum atomic E-state index is 14.9. The van der Waals surface area contributed by atoms with Crippen molar-refractivity contribution in [2.24, 2.45) is 5.92 Å². The van der Waals surface area contributed by atoms with Crippen LogP contribution < -0.4 is 4.74 Å². The fourth-order valence-electron chi connectivity index (χ4n) is 7.75. The molecule has 1 aromatic rings. The molecule has 36 heavy (non-hydrogen) atoms. The largest absolute Gasteiger partial charge is 0.481 e. The van der Waals surface area contributed by atoms with Crippen LogP contribution in [0.3, 0.4) is 0 Å². The van der Waals surface area contributed by atoms with E-state index in [1.54, 1.807) is 0 Å². The first-order chi connectivity index (χ1) is 17.2. The van der Waals surface area contributed by atoms with Crippen molar-refractivity contribution in [3.8, 4) is 5.75 Å². The van der Waals surface area contributed by atoms with Gasteiger partial charge < -0.3 is 23.7 Å². The van der Waals surface area contributed by atoms with Gasteiger partial charge in [0, 0.05) is 38.0 Å². The molecule has 0 radical (unpaired) electrons. The maximum absolute atomic E-state index is 14.9. The van der Waals surface area contributed by atoms with Crippen molar-refractivity contribution in [1.29, 1.82) is 0 Å². The molecule has 4 saturated carbocycles. The van der Waals surface area contributed by atoms with E-state index in [1.807, 2.05) is 0 Å². The van der Waals surface area contributed by atoms with Crippen LogP contribution in [-0.4, -0.2) is 42.6 Å². The zero-order valence-corrected chi connectivity index (χ0v) is 20.7. The molecule has 4 aliphatic carbocycles. The summed E-state index contributed by atoms with van der Waals surface area (Å²) in [6, 6.07) is 0. The summed E-state index contributed by atoms with van der Waals surface area (Å²) in [7, 11) is 0. The van der Waals surface area contributed by atoms with Gasteiger partial charge >= 0.3 is 0 Å². The molecule has 2 aliphatic heterocycles. The van der Waals surface area contributed by atoms with E-state index in [4.69, 9.17) is 23.7 Å². The van der Waals surface area contributed by atoms with E-state index in [1.165, 1.54) is 0 Å². The van der Waals surface area contributed by atoms with E-state index >= 15 is 0 Å². The average Bonchev–Trinajstić information content (AvgIpc) is 2.84. The minimum Gasteiger partial charge on any atom is -0.481 e. The summed E-state index contributed by atoms with van der Waals surface area (Å²) in [5.41, 5.74) is -3.14. The van der Waals surface area contributed by atoms with Crippen molar-refractivity contribution in [3.05, 3.63) is 28.8 Å². The van der Waals surface area contributed by atoms with Crippen molar-refractivity contribution >= 4 is 0 Å². The van der Waals surface area contributed by atoms with Gasteiger partial charge in [-0.25, -0.2) is 8.78 Å². The highest BCUT2D eigenvalue weighted by atomic mass is 19.2. The van der Waals surface area contributed by atoms with Gasteiger partial charge in [-0.2, -0.15) is 8.78 Å². The Hall–Kier alpha value is -1.42. The summed E-state index contributed by atoms with van der Waals surface area (Å²) in [6.45, 7) is 2.26. The van der Waals surface area contributed by atoms with Gasteiger partial charge in [-0.1, -0.05) is 0 Å². The fourth-order valence-corrected chi connectivity index (χ4v) is 7.75. The second-order valence-corrected chi connectivity index (χ2v) is 11.7. The molecule has 4 unspecified atom stereocenters. The molecule has 0 aromatic heterocycles. The monoisotopic (exact) mass is 514 g/mol. The van der Waals surface area contributed by atoms with E-state index in [0.29, 0.717) is 38.9 Å². The Morgan fingerprint density at radius 1 is 0.667 bits per heavy atom. The van der Waals surface area contributed by atoms with Crippen LogP contribution in [0.4, 0.5) is 17.6 Å². The van der Waals surface area contributed by atoms with Crippen molar-refractivity contribution in [2.75, 3.05) is 13.2 Å². The van der Waals surface area contributed by atoms with Gasteiger partial charge in [0.2, 0.25) is 11.6 Å². The lowest BCUT2D eigenvalue weighted by Gasteiger charge is -2.65. The molecule has 6 aliphatic rings. The Morgan fingerprint density at radius 3 is 1.61 bits per heavy atom. The number of ether oxygens (including phenoxy) is 5. The number of hydrogen-bond acceptors (Lipinski definition) is 5. The van der Waals surface area contributed by atoms with Gasteiger partial charge in [0.05, 0.1) is 11.2 Å². The normalized spacial score (nSPS) is 40.0. The average molecular weight is 515 g/mol. The molecule has 0 amide bonds. The molecule has 0 spiro atoms. The molecule has 200 valence electrons. The predicted molar refractivity (Wildman–Crippen MR) is 120 cm³/mol. The van der Waals surface area contributed by atoms with E-state index in [0.717, 1.165) is 58.3 Å². The summed E-state index contributed by atoms with van der Waals surface area (Å²) in [6.07, 6.45) is 8.13. The highest BCUT2D eigenvalue weighted by Crippen LogP contribution is 2.64. The molecule has 2 heterocycles. The van der Waals surface area contributed by atoms with Crippen LogP contribution in [0.5, 0.6) is 5.75 Å². The Labute approximate surface area is 208 Å². The topological polar surface area (TPSA) is 46.2 Å². The van der Waals surface area contributed by atoms with Crippen LogP contribution in [-0.2, 0) is 18.9 Å². The molecule has 6 fully saturated rings. The quantitative estimate of drug-likeness (QED) is 0.333. The second kappa shape index (κ2) is 9.10. The molecule has 2 saturated heterocycles. The van der Waals surface area contributed by atoms with Gasteiger partial charge in [-0.05, 0) is 70.6 Å². The Kier molecular flexibility index (Phi) is 6.29. The zero-order chi connectivity index (χ0) is 25.1. The van der Waals surface area contributed by atoms with Crippen molar-refractivity contribution < 1.29 is 41.2 Å². The third-order valence-electron chi connectivity index (χ3n) is 8.71. The van der Waals surface area contributed by atoms with Crippen molar-refractivity contribution in [2.45, 2.75) is 113 Å². The van der Waals surface area contributed by atoms with Crippen molar-refractivity contribution in [1.82, 2.24) is 0 Å². The van der Waals surface area contributed by atoms with Crippen molar-refractivity contribution in [3.63, 3.8) is 0 Å². The second-order valence-electron chi connectivity index (χ2n) is 11.7. The van der Waals surface area contributed by atoms with Gasteiger partial charge in [0.15, 0.2) is 30.0 Å². The SMILES string of the molecule is Cc1c(F)c(F)c(OC23CC4CC(OC5CCCCO5)(C2)CC(OC2CCCCO2)(C4)C3)c(F)c1F. The summed E-state index contributed by atoms with van der Waals surface area (Å²) >= 11 is 0. The minimum absolute atomic E-state index is 0.111. The zero-order valence-electron chi connectivity index (χ0n) is 20.7. The maximum Gasteiger partial charge on any atom is 0.204 e. The first kappa shape index (κ1) is 24.9. The third kappa shape index (κ3) is 4.33. The van der Waals surface area contributed by atoms with Crippen LogP contribution in [0.25, 0.3) is 0 Å².